The maximum absolute atomic E-state index is 13.3. The van der Waals surface area contributed by atoms with E-state index in [9.17, 15) is 4.39 Å². The van der Waals surface area contributed by atoms with Gasteiger partial charge in [-0.05, 0) is 0 Å². The summed E-state index contributed by atoms with van der Waals surface area (Å²) in [5.41, 5.74) is 3.58. The Labute approximate surface area is 154 Å². The molecule has 25 heavy (non-hydrogen) atoms. The van der Waals surface area contributed by atoms with Gasteiger partial charge in [-0.25, -0.2) is 0 Å². The topological polar surface area (TPSA) is 55.6 Å². The van der Waals surface area contributed by atoms with Crippen molar-refractivity contribution in [1.29, 1.82) is 0 Å². The van der Waals surface area contributed by atoms with E-state index in [4.69, 9.17) is 0 Å². The molecule has 1 atom stereocenters. The number of hydrogen-bond donors (Lipinski definition) is 1. The van der Waals surface area contributed by atoms with E-state index < -0.39 is 0 Å². The quantitative estimate of drug-likeness (QED) is 0.676. The molecule has 1 aliphatic rings. The molecule has 0 radical (unpaired) electrons. The van der Waals surface area contributed by atoms with Crippen molar-refractivity contribution in [3.05, 3.63) is 48.7 Å². The van der Waals surface area contributed by atoms with Gasteiger partial charge in [0, 0.05) is 0 Å². The average Bonchev–Trinajstić information content (AvgIpc) is 3.08. The molecule has 1 aliphatic heterocycles. The van der Waals surface area contributed by atoms with Gasteiger partial charge < -0.3 is 0 Å². The van der Waals surface area contributed by atoms with Crippen molar-refractivity contribution in [2.24, 2.45) is 0 Å². The van der Waals surface area contributed by atoms with Crippen molar-refractivity contribution in [3.8, 4) is 22.6 Å². The van der Waals surface area contributed by atoms with Crippen LogP contribution < -0.4 is 9.93 Å². The van der Waals surface area contributed by atoms with Gasteiger partial charge in [0.25, 0.3) is 0 Å². The molecule has 5 nitrogen and oxygen atoms in total. The Morgan fingerprint density at radius 1 is 1.08 bits per heavy atom. The molecule has 1 fully saturated rings. The molecule has 0 bridgehead atoms. The molecule has 2 aromatic heterocycles. The first kappa shape index (κ1) is 16.4. The van der Waals surface area contributed by atoms with Gasteiger partial charge in [-0.3, -0.25) is 0 Å². The molecular weight excluding hydrogens is 380 g/mol. The summed E-state index contributed by atoms with van der Waals surface area (Å²) < 4.78 is 16.3. The fourth-order valence-electron chi connectivity index (χ4n) is 3.30. The van der Waals surface area contributed by atoms with E-state index in [0.29, 0.717) is 6.04 Å². The molecule has 4 rings (SSSR count). The Hall–Kier alpha value is -2.04. The molecule has 0 amide bonds. The minimum atomic E-state index is -0.247. The van der Waals surface area contributed by atoms with Crippen LogP contribution in [0.15, 0.2) is 42.9 Å². The van der Waals surface area contributed by atoms with Gasteiger partial charge in [0.15, 0.2) is 0 Å². The van der Waals surface area contributed by atoms with Gasteiger partial charge in [0.05, 0.1) is 0 Å². The molecule has 1 N–H and O–H groups in total. The molecule has 128 valence electrons. The molecule has 7 heteroatoms. The fourth-order valence-corrected chi connectivity index (χ4v) is 3.77. The Morgan fingerprint density at radius 3 is 2.56 bits per heavy atom. The van der Waals surface area contributed by atoms with Crippen LogP contribution in [-0.2, 0) is 0 Å². The predicted molar refractivity (Wildman–Crippen MR) is 98.0 cm³/mol. The third-order valence-electron chi connectivity index (χ3n) is 4.53. The average molecular weight is 399 g/mol. The van der Waals surface area contributed by atoms with Gasteiger partial charge >= 0.3 is 154 Å². The Morgan fingerprint density at radius 2 is 1.84 bits per heavy atom. The molecule has 1 unspecified atom stereocenters. The zero-order valence-electron chi connectivity index (χ0n) is 13.7. The summed E-state index contributed by atoms with van der Waals surface area (Å²) in [5, 5.41) is 3.40. The molecule has 1 aromatic carbocycles. The molecule has 3 aromatic rings. The molecular formula is C18H19AsFN5. The van der Waals surface area contributed by atoms with Crippen LogP contribution in [-0.4, -0.2) is 49.5 Å². The van der Waals surface area contributed by atoms with Crippen LogP contribution in [0.2, 0.25) is 0 Å². The van der Waals surface area contributed by atoms with Crippen molar-refractivity contribution in [3.63, 3.8) is 0 Å². The third-order valence-corrected chi connectivity index (χ3v) is 5.11. The van der Waals surface area contributed by atoms with Gasteiger partial charge in [0.2, 0.25) is 0 Å². The summed E-state index contributed by atoms with van der Waals surface area (Å²) in [6.07, 6.45) is 5.79. The number of piperidine rings is 1. The van der Waals surface area contributed by atoms with E-state index in [-0.39, 0.29) is 5.82 Å². The van der Waals surface area contributed by atoms with Crippen molar-refractivity contribution in [2.75, 3.05) is 13.1 Å². The van der Waals surface area contributed by atoms with E-state index in [1.165, 1.54) is 29.0 Å². The number of nitrogens with zero attached hydrogens (tertiary/aromatic N) is 4. The Balaban J connectivity index is 1.86. The first-order chi connectivity index (χ1) is 12.2. The zero-order valence-corrected chi connectivity index (χ0v) is 16.1. The summed E-state index contributed by atoms with van der Waals surface area (Å²) in [7, 11) is 0. The monoisotopic (exact) mass is 399 g/mol. The van der Waals surface area contributed by atoms with Crippen molar-refractivity contribution in [2.45, 2.75) is 18.9 Å². The molecule has 0 spiro atoms. The van der Waals surface area contributed by atoms with Crippen LogP contribution in [0.3, 0.4) is 0 Å². The normalized spacial score (nSPS) is 15.4. The summed E-state index contributed by atoms with van der Waals surface area (Å²) in [5.74, 6) is -0.247. The zero-order chi connectivity index (χ0) is 17.2. The van der Waals surface area contributed by atoms with Crippen LogP contribution >= 0.6 is 0 Å². The number of benzene rings is 1. The van der Waals surface area contributed by atoms with Crippen molar-refractivity contribution in [1.82, 2.24) is 24.8 Å². The second kappa shape index (κ2) is 7.06. The van der Waals surface area contributed by atoms with E-state index in [1.54, 1.807) is 18.3 Å². The van der Waals surface area contributed by atoms with E-state index >= 15 is 0 Å². The standard InChI is InChI=1S/C18H19AsFN5/c19-18-22-10-7-15(24-18)17-16(12-1-3-13(20)4-2-12)23-11-25(17)14-5-8-21-9-6-14/h1-4,7,10-11,14,21H,5-6,8-9,19H2. The molecule has 0 saturated carbocycles. The number of halogens is 1. The maximum atomic E-state index is 13.3. The van der Waals surface area contributed by atoms with Crippen molar-refractivity contribution >= 4 is 21.5 Å². The number of imidazole rings is 1. The van der Waals surface area contributed by atoms with Gasteiger partial charge in [0.1, 0.15) is 0 Å². The summed E-state index contributed by atoms with van der Waals surface area (Å²) in [6, 6.07) is 8.79. The predicted octanol–water partition coefficient (Wildman–Crippen LogP) is 1.33. The SMILES string of the molecule is Fc1ccc(-c2ncn(C3CCNCC3)c2-c2ccnc([AsH2])n2)cc1. The second-order valence-electron chi connectivity index (χ2n) is 6.14. The van der Waals surface area contributed by atoms with Crippen molar-refractivity contribution < 1.29 is 4.39 Å². The van der Waals surface area contributed by atoms with Gasteiger partial charge in [-0.2, -0.15) is 0 Å². The van der Waals surface area contributed by atoms with Crippen LogP contribution in [0.1, 0.15) is 18.9 Å². The summed E-state index contributed by atoms with van der Waals surface area (Å²) >= 11 is 1.39. The molecule has 0 aliphatic carbocycles. The number of hydrogen-bond acceptors (Lipinski definition) is 4. The fraction of sp³-hybridized carbons (Fsp3) is 0.278. The first-order valence-corrected chi connectivity index (χ1v) is 9.56. The Kier molecular flexibility index (Phi) is 4.64. The van der Waals surface area contributed by atoms with Crippen LogP contribution in [0, 0.1) is 5.82 Å². The van der Waals surface area contributed by atoms with E-state index in [1.807, 2.05) is 12.4 Å². The van der Waals surface area contributed by atoms with Gasteiger partial charge in [-0.15, -0.1) is 0 Å². The third kappa shape index (κ3) is 3.37. The summed E-state index contributed by atoms with van der Waals surface area (Å²) in [6.45, 7) is 2.00. The second-order valence-corrected chi connectivity index (χ2v) is 7.22. The molecule has 1 saturated heterocycles. The van der Waals surface area contributed by atoms with E-state index in [0.717, 1.165) is 53.2 Å². The first-order valence-electron chi connectivity index (χ1n) is 8.35. The minimum absolute atomic E-state index is 0.247. The van der Waals surface area contributed by atoms with Crippen LogP contribution in [0.4, 0.5) is 4.39 Å². The Bertz CT molecular complexity index is 871. The number of aromatic nitrogens is 4. The van der Waals surface area contributed by atoms with Crippen LogP contribution in [0.5, 0.6) is 0 Å². The molecule has 3 heterocycles. The van der Waals surface area contributed by atoms with E-state index in [2.05, 4.69) is 24.8 Å². The van der Waals surface area contributed by atoms with Gasteiger partial charge in [-0.1, -0.05) is 0 Å². The number of rotatable bonds is 3. The van der Waals surface area contributed by atoms with Crippen LogP contribution in [0.25, 0.3) is 22.6 Å². The summed E-state index contributed by atoms with van der Waals surface area (Å²) in [4.78, 5) is 13.5. The number of nitrogens with one attached hydrogen (secondary N) is 1.